The molecular weight excluding hydrogens is 703 g/mol. The first kappa shape index (κ1) is 33.6. The molecule has 1 aromatic heterocycles. The zero-order chi connectivity index (χ0) is 38.4. The Hall–Kier alpha value is -7.68. The summed E-state index contributed by atoms with van der Waals surface area (Å²) in [5.41, 5.74) is 12.0. The van der Waals surface area contributed by atoms with Crippen LogP contribution in [0.25, 0.3) is 88.0 Å². The van der Waals surface area contributed by atoms with Gasteiger partial charge in [-0.25, -0.2) is 0 Å². The van der Waals surface area contributed by atoms with Crippen LogP contribution in [0.1, 0.15) is 0 Å². The fourth-order valence-electron chi connectivity index (χ4n) is 8.76. The van der Waals surface area contributed by atoms with E-state index in [2.05, 4.69) is 223 Å². The van der Waals surface area contributed by atoms with Gasteiger partial charge in [0.15, 0.2) is 0 Å². The van der Waals surface area contributed by atoms with Crippen LogP contribution in [-0.4, -0.2) is 0 Å². The molecule has 272 valence electrons. The summed E-state index contributed by atoms with van der Waals surface area (Å²) in [6, 6.07) is 80.5. The highest BCUT2D eigenvalue weighted by molar-refractivity contribution is 6.14. The highest BCUT2D eigenvalue weighted by Crippen LogP contribution is 2.48. The summed E-state index contributed by atoms with van der Waals surface area (Å²) in [6.45, 7) is 0. The molecule has 58 heavy (non-hydrogen) atoms. The zero-order valence-corrected chi connectivity index (χ0v) is 31.7. The van der Waals surface area contributed by atoms with E-state index in [1.807, 2.05) is 6.07 Å². The third-order valence-corrected chi connectivity index (χ3v) is 11.5. The lowest BCUT2D eigenvalue weighted by molar-refractivity contribution is 0.632. The van der Waals surface area contributed by atoms with Gasteiger partial charge in [0.1, 0.15) is 11.3 Å². The van der Waals surface area contributed by atoms with Gasteiger partial charge < -0.3 is 9.32 Å². The van der Waals surface area contributed by atoms with Crippen LogP contribution in [-0.2, 0) is 0 Å². The number of fused-ring (bicyclic) bond motifs is 5. The van der Waals surface area contributed by atoms with Crippen molar-refractivity contribution in [3.8, 4) is 44.7 Å². The molecule has 0 radical (unpaired) electrons. The van der Waals surface area contributed by atoms with Gasteiger partial charge in [-0.1, -0.05) is 176 Å². The van der Waals surface area contributed by atoms with Crippen molar-refractivity contribution in [1.82, 2.24) is 0 Å². The molecule has 11 aromatic rings. The summed E-state index contributed by atoms with van der Waals surface area (Å²) in [5, 5.41) is 8.60. The van der Waals surface area contributed by atoms with Crippen molar-refractivity contribution < 1.29 is 4.42 Å². The molecule has 0 amide bonds. The minimum absolute atomic E-state index is 0.847. The van der Waals surface area contributed by atoms with Gasteiger partial charge in [0.2, 0.25) is 0 Å². The van der Waals surface area contributed by atoms with Crippen molar-refractivity contribution in [1.29, 1.82) is 0 Å². The van der Waals surface area contributed by atoms with Crippen LogP contribution in [0.5, 0.6) is 0 Å². The Morgan fingerprint density at radius 1 is 0.310 bits per heavy atom. The third-order valence-electron chi connectivity index (χ3n) is 11.5. The molecule has 2 nitrogen and oxygen atoms in total. The Morgan fingerprint density at radius 3 is 1.60 bits per heavy atom. The molecule has 0 aliphatic heterocycles. The molecule has 10 aromatic carbocycles. The van der Waals surface area contributed by atoms with Crippen LogP contribution in [0.2, 0.25) is 0 Å². The minimum Gasteiger partial charge on any atom is -0.455 e. The fourth-order valence-corrected chi connectivity index (χ4v) is 8.76. The Kier molecular flexibility index (Phi) is 8.19. The van der Waals surface area contributed by atoms with Crippen molar-refractivity contribution >= 4 is 60.3 Å². The second-order valence-corrected chi connectivity index (χ2v) is 14.8. The molecule has 0 unspecified atom stereocenters. The van der Waals surface area contributed by atoms with Crippen molar-refractivity contribution in [3.63, 3.8) is 0 Å². The monoisotopic (exact) mass is 739 g/mol. The molecule has 0 saturated heterocycles. The van der Waals surface area contributed by atoms with E-state index >= 15 is 0 Å². The molecule has 1 heterocycles. The molecule has 2 heteroatoms. The quantitative estimate of drug-likeness (QED) is 0.151. The van der Waals surface area contributed by atoms with E-state index in [9.17, 15) is 0 Å². The van der Waals surface area contributed by atoms with Gasteiger partial charge in [-0.2, -0.15) is 0 Å². The number of rotatable bonds is 7. The lowest BCUT2D eigenvalue weighted by Gasteiger charge is -2.28. The van der Waals surface area contributed by atoms with Crippen molar-refractivity contribution in [2.75, 3.05) is 4.90 Å². The molecule has 0 aliphatic rings. The van der Waals surface area contributed by atoms with Gasteiger partial charge in [0.05, 0.1) is 5.69 Å². The second-order valence-electron chi connectivity index (χ2n) is 14.8. The molecule has 0 aliphatic carbocycles. The molecule has 0 bridgehead atoms. The molecule has 11 rings (SSSR count). The van der Waals surface area contributed by atoms with Crippen molar-refractivity contribution in [2.45, 2.75) is 0 Å². The molecular formula is C56H37NO. The summed E-state index contributed by atoms with van der Waals surface area (Å²) in [5.74, 6) is 0.847. The molecule has 0 atom stereocenters. The van der Waals surface area contributed by atoms with Gasteiger partial charge in [-0.15, -0.1) is 0 Å². The molecule has 0 saturated carbocycles. The van der Waals surface area contributed by atoms with Crippen LogP contribution in [0, 0.1) is 0 Å². The number of para-hydroxylation sites is 2. The maximum absolute atomic E-state index is 6.85. The van der Waals surface area contributed by atoms with Gasteiger partial charge in [-0.3, -0.25) is 0 Å². The van der Waals surface area contributed by atoms with E-state index in [1.54, 1.807) is 0 Å². The average molecular weight is 740 g/mol. The van der Waals surface area contributed by atoms with Crippen molar-refractivity contribution in [2.24, 2.45) is 0 Å². The maximum Gasteiger partial charge on any atom is 0.145 e. The van der Waals surface area contributed by atoms with E-state index < -0.39 is 0 Å². The predicted molar refractivity (Wildman–Crippen MR) is 245 cm³/mol. The number of furan rings is 1. The van der Waals surface area contributed by atoms with Crippen LogP contribution in [0.15, 0.2) is 229 Å². The van der Waals surface area contributed by atoms with Gasteiger partial charge >= 0.3 is 0 Å². The Morgan fingerprint density at radius 2 is 0.845 bits per heavy atom. The number of hydrogen-bond donors (Lipinski definition) is 0. The van der Waals surface area contributed by atoms with Crippen LogP contribution in [0.4, 0.5) is 17.1 Å². The summed E-state index contributed by atoms with van der Waals surface area (Å²) in [7, 11) is 0. The Labute approximate surface area is 337 Å². The summed E-state index contributed by atoms with van der Waals surface area (Å²) in [4.78, 5) is 2.37. The SMILES string of the molecule is c1ccc(-c2c(-c3ccccc3N(c3ccc(-c4cccc5ccccc45)cc3)c3ccc(-c4cc5ccccc5c5ccccc45)cc3)oc3ccccc23)cc1. The first-order valence-corrected chi connectivity index (χ1v) is 19.8. The second kappa shape index (κ2) is 14.1. The van der Waals surface area contributed by atoms with E-state index in [0.717, 1.165) is 50.5 Å². The highest BCUT2D eigenvalue weighted by atomic mass is 16.3. The standard InChI is InChI=1S/C56H37NO/c1-2-16-41(17-3-1)55-51-25-11-13-28-54(51)58-56(55)50-24-10-12-27-53(50)57(43-33-29-39(30-34-43)46-26-14-19-38-15-4-6-20-45(38)46)44-35-31-40(32-36-44)52-37-42-18-5-7-21-47(42)48-22-8-9-23-49(48)52/h1-37H. The number of nitrogens with zero attached hydrogens (tertiary/aromatic N) is 1. The van der Waals surface area contributed by atoms with Crippen LogP contribution < -0.4 is 4.90 Å². The third kappa shape index (κ3) is 5.74. The average Bonchev–Trinajstić information content (AvgIpc) is 3.69. The topological polar surface area (TPSA) is 16.4 Å². The maximum atomic E-state index is 6.85. The van der Waals surface area contributed by atoms with E-state index in [0.29, 0.717) is 0 Å². The van der Waals surface area contributed by atoms with Crippen LogP contribution >= 0.6 is 0 Å². The number of hydrogen-bond acceptors (Lipinski definition) is 2. The normalized spacial score (nSPS) is 11.4. The molecule has 0 spiro atoms. The van der Waals surface area contributed by atoms with Gasteiger partial charge in [-0.05, 0) is 109 Å². The molecule has 0 fully saturated rings. The fraction of sp³-hybridized carbons (Fsp3) is 0. The van der Waals surface area contributed by atoms with Crippen molar-refractivity contribution in [3.05, 3.63) is 224 Å². The lowest BCUT2D eigenvalue weighted by Crippen LogP contribution is -2.11. The van der Waals surface area contributed by atoms with E-state index in [4.69, 9.17) is 4.42 Å². The van der Waals surface area contributed by atoms with Gasteiger partial charge in [0.25, 0.3) is 0 Å². The summed E-state index contributed by atoms with van der Waals surface area (Å²) < 4.78 is 6.85. The Balaban J connectivity index is 1.09. The zero-order valence-electron chi connectivity index (χ0n) is 31.7. The van der Waals surface area contributed by atoms with Gasteiger partial charge in [0, 0.05) is 27.9 Å². The smallest absolute Gasteiger partial charge is 0.145 e. The number of benzene rings is 10. The first-order valence-electron chi connectivity index (χ1n) is 19.8. The molecule has 0 N–H and O–H groups in total. The largest absolute Gasteiger partial charge is 0.455 e. The summed E-state index contributed by atoms with van der Waals surface area (Å²) >= 11 is 0. The first-order chi connectivity index (χ1) is 28.8. The van der Waals surface area contributed by atoms with E-state index in [1.165, 1.54) is 54.6 Å². The van der Waals surface area contributed by atoms with E-state index in [-0.39, 0.29) is 0 Å². The Bertz CT molecular complexity index is 3260. The number of anilines is 3. The van der Waals surface area contributed by atoms with Crippen LogP contribution in [0.3, 0.4) is 0 Å². The predicted octanol–water partition coefficient (Wildman–Crippen LogP) is 16.0. The minimum atomic E-state index is 0.847. The highest BCUT2D eigenvalue weighted by Gasteiger charge is 2.24. The summed E-state index contributed by atoms with van der Waals surface area (Å²) in [6.07, 6.45) is 0. The lowest BCUT2D eigenvalue weighted by atomic mass is 9.93.